The summed E-state index contributed by atoms with van der Waals surface area (Å²) in [6, 6.07) is 0. The van der Waals surface area contributed by atoms with Crippen molar-refractivity contribution in [3.8, 4) is 0 Å². The zero-order valence-electron chi connectivity index (χ0n) is 13.8. The van der Waals surface area contributed by atoms with Crippen LogP contribution in [0, 0.1) is 5.92 Å². The summed E-state index contributed by atoms with van der Waals surface area (Å²) in [5, 5.41) is 12.9. The van der Waals surface area contributed by atoms with Crippen molar-refractivity contribution in [3.63, 3.8) is 0 Å². The number of aliphatic hydroxyl groups excluding tert-OH is 1. The van der Waals surface area contributed by atoms with Crippen LogP contribution in [0.4, 0.5) is 0 Å². The molecule has 0 spiro atoms. The van der Waals surface area contributed by atoms with Gasteiger partial charge in [-0.1, -0.05) is 26.2 Å². The first kappa shape index (κ1) is 18.4. The Hall–Kier alpha value is -0.650. The highest BCUT2D eigenvalue weighted by atomic mass is 16.5. The quantitative estimate of drug-likeness (QED) is 0.676. The van der Waals surface area contributed by atoms with Gasteiger partial charge in [0, 0.05) is 20.1 Å². The highest BCUT2D eigenvalue weighted by Gasteiger charge is 2.24. The van der Waals surface area contributed by atoms with E-state index in [9.17, 15) is 9.90 Å². The average Bonchev–Trinajstić information content (AvgIpc) is 2.52. The molecule has 2 N–H and O–H groups in total. The number of rotatable bonds is 9. The van der Waals surface area contributed by atoms with Crippen LogP contribution in [-0.4, -0.2) is 61.4 Å². The number of hydrogen-bond acceptors (Lipinski definition) is 4. The van der Waals surface area contributed by atoms with Gasteiger partial charge in [0.2, 0.25) is 5.91 Å². The van der Waals surface area contributed by atoms with Gasteiger partial charge in [0.05, 0.1) is 25.4 Å². The Kier molecular flexibility index (Phi) is 8.88. The Balaban J connectivity index is 2.15. The number of amides is 1. The fourth-order valence-corrected chi connectivity index (χ4v) is 2.81. The van der Waals surface area contributed by atoms with Crippen LogP contribution in [0.3, 0.4) is 0 Å². The molecule has 0 aromatic heterocycles. The summed E-state index contributed by atoms with van der Waals surface area (Å²) in [6.07, 6.45) is 5.78. The number of carbonyl (C=O) groups excluding carboxylic acids is 1. The van der Waals surface area contributed by atoms with Gasteiger partial charge >= 0.3 is 0 Å². The highest BCUT2D eigenvalue weighted by molar-refractivity contribution is 5.77. The second-order valence-corrected chi connectivity index (χ2v) is 6.02. The monoisotopic (exact) mass is 300 g/mol. The van der Waals surface area contributed by atoms with Crippen molar-refractivity contribution in [1.82, 2.24) is 10.2 Å². The van der Waals surface area contributed by atoms with Gasteiger partial charge < -0.3 is 20.1 Å². The first-order valence-corrected chi connectivity index (χ1v) is 8.32. The largest absolute Gasteiger partial charge is 0.389 e. The molecule has 3 unspecified atom stereocenters. The van der Waals surface area contributed by atoms with E-state index in [0.717, 1.165) is 12.8 Å². The Labute approximate surface area is 129 Å². The van der Waals surface area contributed by atoms with Gasteiger partial charge in [-0.05, 0) is 25.7 Å². The molecule has 124 valence electrons. The lowest BCUT2D eigenvalue weighted by molar-refractivity contribution is -0.128. The lowest BCUT2D eigenvalue weighted by Crippen LogP contribution is -2.40. The van der Waals surface area contributed by atoms with Crippen LogP contribution in [0.2, 0.25) is 0 Å². The Morgan fingerprint density at radius 1 is 1.38 bits per heavy atom. The molecule has 1 aliphatic carbocycles. The fraction of sp³-hybridized carbons (Fsp3) is 0.938. The molecule has 1 rings (SSSR count). The van der Waals surface area contributed by atoms with Crippen LogP contribution in [0.1, 0.15) is 46.0 Å². The predicted molar refractivity (Wildman–Crippen MR) is 84.2 cm³/mol. The van der Waals surface area contributed by atoms with Gasteiger partial charge in [0.15, 0.2) is 0 Å². The van der Waals surface area contributed by atoms with E-state index in [1.165, 1.54) is 19.3 Å². The molecule has 0 saturated heterocycles. The molecule has 21 heavy (non-hydrogen) atoms. The van der Waals surface area contributed by atoms with Gasteiger partial charge in [0.1, 0.15) is 0 Å². The first-order valence-electron chi connectivity index (χ1n) is 8.32. The van der Waals surface area contributed by atoms with Crippen LogP contribution in [0.5, 0.6) is 0 Å². The fourth-order valence-electron chi connectivity index (χ4n) is 2.81. The van der Waals surface area contributed by atoms with Crippen LogP contribution in [0.25, 0.3) is 0 Å². The highest BCUT2D eigenvalue weighted by Crippen LogP contribution is 2.29. The second-order valence-electron chi connectivity index (χ2n) is 6.02. The van der Waals surface area contributed by atoms with E-state index in [1.807, 2.05) is 6.92 Å². The molecule has 5 nitrogen and oxygen atoms in total. The van der Waals surface area contributed by atoms with Gasteiger partial charge in [-0.2, -0.15) is 0 Å². The van der Waals surface area contributed by atoms with E-state index in [2.05, 4.69) is 12.2 Å². The van der Waals surface area contributed by atoms with Crippen molar-refractivity contribution in [2.75, 3.05) is 33.3 Å². The van der Waals surface area contributed by atoms with E-state index in [0.29, 0.717) is 31.7 Å². The number of aliphatic hydroxyl groups is 1. The lowest BCUT2D eigenvalue weighted by Gasteiger charge is -2.31. The molecule has 0 aromatic rings. The van der Waals surface area contributed by atoms with Crippen LogP contribution in [0.15, 0.2) is 0 Å². The molecule has 0 aliphatic heterocycles. The van der Waals surface area contributed by atoms with Crippen LogP contribution < -0.4 is 5.32 Å². The van der Waals surface area contributed by atoms with Crippen molar-refractivity contribution in [3.05, 3.63) is 0 Å². The summed E-state index contributed by atoms with van der Waals surface area (Å²) in [7, 11) is 1.78. The Morgan fingerprint density at radius 3 is 2.76 bits per heavy atom. The molecule has 0 heterocycles. The van der Waals surface area contributed by atoms with Crippen molar-refractivity contribution in [2.24, 2.45) is 5.92 Å². The molecule has 5 heteroatoms. The summed E-state index contributed by atoms with van der Waals surface area (Å²) in [5.74, 6) is 0.683. The minimum Gasteiger partial charge on any atom is -0.389 e. The maximum atomic E-state index is 11.6. The number of likely N-dealkylation sites (N-methyl/N-ethyl adjacent to an activating group) is 1. The summed E-state index contributed by atoms with van der Waals surface area (Å²) >= 11 is 0. The van der Waals surface area contributed by atoms with Gasteiger partial charge in [-0.25, -0.2) is 0 Å². The van der Waals surface area contributed by atoms with Crippen molar-refractivity contribution < 1.29 is 14.6 Å². The molecular formula is C16H32N2O3. The smallest absolute Gasteiger partial charge is 0.236 e. The summed E-state index contributed by atoms with van der Waals surface area (Å²) in [5.41, 5.74) is 0. The van der Waals surface area contributed by atoms with E-state index in [4.69, 9.17) is 4.74 Å². The molecule has 0 aromatic carbocycles. The average molecular weight is 300 g/mol. The third kappa shape index (κ3) is 6.76. The van der Waals surface area contributed by atoms with E-state index in [1.54, 1.807) is 11.9 Å². The lowest BCUT2D eigenvalue weighted by atomic mass is 9.85. The number of carbonyl (C=O) groups is 1. The normalized spacial score (nSPS) is 23.8. The molecule has 1 fully saturated rings. The summed E-state index contributed by atoms with van der Waals surface area (Å²) in [6.45, 7) is 5.86. The number of ether oxygens (including phenoxy) is 1. The maximum Gasteiger partial charge on any atom is 0.236 e. The third-order valence-corrected chi connectivity index (χ3v) is 4.42. The molecule has 1 amide bonds. The molecule has 0 radical (unpaired) electrons. The Bertz CT molecular complexity index is 299. The SMILES string of the molecule is CCC1CCCCC1OCC(O)CNCC(=O)N(C)CC. The standard InChI is InChI=1S/C16H32N2O3/c1-4-13-8-6-7-9-15(13)21-12-14(19)10-17-11-16(20)18(3)5-2/h13-15,17,19H,4-12H2,1-3H3. The minimum absolute atomic E-state index is 0.0453. The minimum atomic E-state index is -0.552. The van der Waals surface area contributed by atoms with E-state index in [-0.39, 0.29) is 12.5 Å². The van der Waals surface area contributed by atoms with Gasteiger partial charge in [-0.3, -0.25) is 4.79 Å². The summed E-state index contributed by atoms with van der Waals surface area (Å²) < 4.78 is 5.89. The third-order valence-electron chi connectivity index (χ3n) is 4.42. The number of nitrogens with zero attached hydrogens (tertiary/aromatic N) is 1. The topological polar surface area (TPSA) is 61.8 Å². The van der Waals surface area contributed by atoms with Gasteiger partial charge in [0.25, 0.3) is 0 Å². The molecule has 1 saturated carbocycles. The van der Waals surface area contributed by atoms with Crippen molar-refractivity contribution >= 4 is 5.91 Å². The molecule has 1 aliphatic rings. The van der Waals surface area contributed by atoms with E-state index >= 15 is 0 Å². The zero-order valence-corrected chi connectivity index (χ0v) is 13.8. The van der Waals surface area contributed by atoms with E-state index < -0.39 is 6.10 Å². The first-order chi connectivity index (χ1) is 10.1. The van der Waals surface area contributed by atoms with Crippen LogP contribution in [-0.2, 0) is 9.53 Å². The van der Waals surface area contributed by atoms with Crippen LogP contribution >= 0.6 is 0 Å². The second kappa shape index (κ2) is 10.1. The van der Waals surface area contributed by atoms with Crippen molar-refractivity contribution in [1.29, 1.82) is 0 Å². The zero-order chi connectivity index (χ0) is 15.7. The summed E-state index contributed by atoms with van der Waals surface area (Å²) in [4.78, 5) is 13.2. The van der Waals surface area contributed by atoms with Gasteiger partial charge in [-0.15, -0.1) is 0 Å². The van der Waals surface area contributed by atoms with Crippen molar-refractivity contribution in [2.45, 2.75) is 58.2 Å². The number of hydrogen-bond donors (Lipinski definition) is 2. The maximum absolute atomic E-state index is 11.6. The molecular weight excluding hydrogens is 268 g/mol. The molecule has 3 atom stereocenters. The predicted octanol–water partition coefficient (Wildman–Crippen LogP) is 1.40. The number of nitrogens with one attached hydrogen (secondary N) is 1. The Morgan fingerprint density at radius 2 is 2.10 bits per heavy atom. The molecule has 0 bridgehead atoms.